The predicted molar refractivity (Wildman–Crippen MR) is 59.6 cm³/mol. The molecule has 1 aliphatic carbocycles. The first-order chi connectivity index (χ1) is 7.58. The molecule has 1 heterocycles. The Labute approximate surface area is 95.3 Å². The first-order valence-corrected chi connectivity index (χ1v) is 5.90. The van der Waals surface area contributed by atoms with Gasteiger partial charge in [-0.25, -0.2) is 0 Å². The third-order valence-electron chi connectivity index (χ3n) is 3.73. The highest BCUT2D eigenvalue weighted by atomic mass is 16.2. The van der Waals surface area contributed by atoms with Crippen molar-refractivity contribution in [2.45, 2.75) is 43.7 Å². The summed E-state index contributed by atoms with van der Waals surface area (Å²) in [6.45, 7) is 0.663. The van der Waals surface area contributed by atoms with Crippen LogP contribution < -0.4 is 11.1 Å². The van der Waals surface area contributed by atoms with Crippen LogP contribution in [0.25, 0.3) is 0 Å². The summed E-state index contributed by atoms with van der Waals surface area (Å²) < 4.78 is 0. The molecule has 0 aromatic rings. The highest BCUT2D eigenvalue weighted by Gasteiger charge is 2.46. The van der Waals surface area contributed by atoms with Crippen LogP contribution in [0, 0.1) is 0 Å². The number of rotatable bonds is 2. The van der Waals surface area contributed by atoms with E-state index in [1.165, 1.54) is 0 Å². The van der Waals surface area contributed by atoms with Gasteiger partial charge < -0.3 is 16.0 Å². The molecule has 1 aliphatic heterocycles. The minimum absolute atomic E-state index is 0.0372. The maximum absolute atomic E-state index is 12.2. The van der Waals surface area contributed by atoms with E-state index in [4.69, 9.17) is 5.73 Å². The van der Waals surface area contributed by atoms with Crippen molar-refractivity contribution in [1.82, 2.24) is 10.2 Å². The van der Waals surface area contributed by atoms with E-state index in [0.717, 1.165) is 32.1 Å². The maximum Gasteiger partial charge on any atom is 0.243 e. The standard InChI is InChI=1S/C11H19N3O2/c1-13-9(15)8-4-2-7-14(8)10(16)11(12)5-3-6-11/h8H,2-7,12H2,1H3,(H,13,15). The molecule has 1 unspecified atom stereocenters. The number of amides is 2. The van der Waals surface area contributed by atoms with Gasteiger partial charge in [0.15, 0.2) is 0 Å². The average molecular weight is 225 g/mol. The minimum Gasteiger partial charge on any atom is -0.357 e. The topological polar surface area (TPSA) is 75.4 Å². The van der Waals surface area contributed by atoms with Gasteiger partial charge in [0.2, 0.25) is 11.8 Å². The van der Waals surface area contributed by atoms with Crippen molar-refractivity contribution in [3.8, 4) is 0 Å². The second kappa shape index (κ2) is 4.05. The van der Waals surface area contributed by atoms with Gasteiger partial charge in [0.1, 0.15) is 6.04 Å². The van der Waals surface area contributed by atoms with E-state index in [1.807, 2.05) is 0 Å². The second-order valence-corrected chi connectivity index (χ2v) is 4.78. The van der Waals surface area contributed by atoms with Crippen LogP contribution in [-0.4, -0.2) is 41.9 Å². The van der Waals surface area contributed by atoms with E-state index in [9.17, 15) is 9.59 Å². The van der Waals surface area contributed by atoms with Gasteiger partial charge in [0.05, 0.1) is 5.54 Å². The van der Waals surface area contributed by atoms with Gasteiger partial charge in [-0.15, -0.1) is 0 Å². The molecule has 0 aromatic heterocycles. The molecule has 2 rings (SSSR count). The lowest BCUT2D eigenvalue weighted by atomic mass is 9.76. The van der Waals surface area contributed by atoms with E-state index >= 15 is 0 Å². The lowest BCUT2D eigenvalue weighted by Crippen LogP contribution is -2.61. The Morgan fingerprint density at radius 1 is 1.38 bits per heavy atom. The largest absolute Gasteiger partial charge is 0.357 e. The van der Waals surface area contributed by atoms with Crippen molar-refractivity contribution in [3.05, 3.63) is 0 Å². The van der Waals surface area contributed by atoms with Crippen LogP contribution in [0.4, 0.5) is 0 Å². The second-order valence-electron chi connectivity index (χ2n) is 4.78. The molecule has 2 amide bonds. The van der Waals surface area contributed by atoms with Gasteiger partial charge in [-0.3, -0.25) is 9.59 Å². The summed E-state index contributed by atoms with van der Waals surface area (Å²) in [5.41, 5.74) is 5.32. The molecule has 1 saturated heterocycles. The summed E-state index contributed by atoms with van der Waals surface area (Å²) in [5, 5.41) is 2.61. The molecule has 90 valence electrons. The highest BCUT2D eigenvalue weighted by molar-refractivity contribution is 5.93. The molecule has 0 spiro atoms. The lowest BCUT2D eigenvalue weighted by molar-refractivity contribution is -0.145. The van der Waals surface area contributed by atoms with Crippen molar-refractivity contribution in [1.29, 1.82) is 0 Å². The quantitative estimate of drug-likeness (QED) is 0.671. The molecule has 0 aromatic carbocycles. The van der Waals surface area contributed by atoms with Crippen molar-refractivity contribution in [3.63, 3.8) is 0 Å². The number of carbonyl (C=O) groups is 2. The summed E-state index contributed by atoms with van der Waals surface area (Å²) in [6.07, 6.45) is 4.16. The van der Waals surface area contributed by atoms with Crippen LogP contribution in [0.15, 0.2) is 0 Å². The number of nitrogens with zero attached hydrogens (tertiary/aromatic N) is 1. The first kappa shape index (κ1) is 11.4. The van der Waals surface area contributed by atoms with Gasteiger partial charge in [-0.2, -0.15) is 0 Å². The molecule has 1 atom stereocenters. The first-order valence-electron chi connectivity index (χ1n) is 5.90. The zero-order chi connectivity index (χ0) is 11.8. The fourth-order valence-electron chi connectivity index (χ4n) is 2.51. The molecule has 16 heavy (non-hydrogen) atoms. The third kappa shape index (κ3) is 1.69. The summed E-state index contributed by atoms with van der Waals surface area (Å²) >= 11 is 0. The van der Waals surface area contributed by atoms with Crippen LogP contribution in [0.1, 0.15) is 32.1 Å². The summed E-state index contributed by atoms with van der Waals surface area (Å²) in [7, 11) is 1.60. The Kier molecular flexibility index (Phi) is 2.88. The fraction of sp³-hybridized carbons (Fsp3) is 0.818. The smallest absolute Gasteiger partial charge is 0.243 e. The number of hydrogen-bond donors (Lipinski definition) is 2. The van der Waals surface area contributed by atoms with Gasteiger partial charge in [-0.1, -0.05) is 0 Å². The summed E-state index contributed by atoms with van der Waals surface area (Å²) in [5.74, 6) is -0.112. The minimum atomic E-state index is -0.684. The van der Waals surface area contributed by atoms with E-state index in [0.29, 0.717) is 6.54 Å². The van der Waals surface area contributed by atoms with Crippen molar-refractivity contribution in [2.75, 3.05) is 13.6 Å². The zero-order valence-electron chi connectivity index (χ0n) is 9.66. The van der Waals surface area contributed by atoms with E-state index in [1.54, 1.807) is 11.9 Å². The molecule has 3 N–H and O–H groups in total. The molecule has 2 fully saturated rings. The van der Waals surface area contributed by atoms with Crippen molar-refractivity contribution < 1.29 is 9.59 Å². The van der Waals surface area contributed by atoms with Crippen LogP contribution in [0.2, 0.25) is 0 Å². The van der Waals surface area contributed by atoms with Crippen molar-refractivity contribution >= 4 is 11.8 Å². The van der Waals surface area contributed by atoms with Crippen LogP contribution in [0.5, 0.6) is 0 Å². The number of likely N-dealkylation sites (N-methyl/N-ethyl adjacent to an activating group) is 1. The lowest BCUT2D eigenvalue weighted by Gasteiger charge is -2.40. The van der Waals surface area contributed by atoms with Crippen LogP contribution >= 0.6 is 0 Å². The Morgan fingerprint density at radius 3 is 2.56 bits per heavy atom. The number of nitrogens with one attached hydrogen (secondary N) is 1. The Bertz CT molecular complexity index is 312. The molecule has 5 nitrogen and oxygen atoms in total. The molecule has 0 radical (unpaired) electrons. The summed E-state index contributed by atoms with van der Waals surface area (Å²) in [4.78, 5) is 25.5. The van der Waals surface area contributed by atoms with Crippen molar-refractivity contribution in [2.24, 2.45) is 5.73 Å². The van der Waals surface area contributed by atoms with Gasteiger partial charge in [0, 0.05) is 13.6 Å². The van der Waals surface area contributed by atoms with E-state index < -0.39 is 5.54 Å². The molecular formula is C11H19N3O2. The monoisotopic (exact) mass is 225 g/mol. The fourth-order valence-corrected chi connectivity index (χ4v) is 2.51. The Hall–Kier alpha value is -1.10. The molecule has 0 bridgehead atoms. The number of hydrogen-bond acceptors (Lipinski definition) is 3. The van der Waals surface area contributed by atoms with Crippen LogP contribution in [0.3, 0.4) is 0 Å². The SMILES string of the molecule is CNC(=O)C1CCCN1C(=O)C1(N)CCC1. The third-order valence-corrected chi connectivity index (χ3v) is 3.73. The van der Waals surface area contributed by atoms with Gasteiger partial charge >= 0.3 is 0 Å². The van der Waals surface area contributed by atoms with Crippen LogP contribution in [-0.2, 0) is 9.59 Å². The number of carbonyl (C=O) groups excluding carboxylic acids is 2. The highest BCUT2D eigenvalue weighted by Crippen LogP contribution is 2.33. The maximum atomic E-state index is 12.2. The average Bonchev–Trinajstić information content (AvgIpc) is 2.72. The van der Waals surface area contributed by atoms with Gasteiger partial charge in [0.25, 0.3) is 0 Å². The van der Waals surface area contributed by atoms with Gasteiger partial charge in [-0.05, 0) is 32.1 Å². The van der Waals surface area contributed by atoms with E-state index in [2.05, 4.69) is 5.32 Å². The molecule has 1 saturated carbocycles. The normalized spacial score (nSPS) is 27.4. The molecule has 2 aliphatic rings. The zero-order valence-corrected chi connectivity index (χ0v) is 9.66. The number of nitrogens with two attached hydrogens (primary N) is 1. The number of likely N-dealkylation sites (tertiary alicyclic amines) is 1. The Balaban J connectivity index is 2.08. The predicted octanol–water partition coefficient (Wildman–Crippen LogP) is -0.395. The molecular weight excluding hydrogens is 206 g/mol. The molecule has 5 heteroatoms. The summed E-state index contributed by atoms with van der Waals surface area (Å²) in [6, 6.07) is -0.307. The van der Waals surface area contributed by atoms with E-state index in [-0.39, 0.29) is 17.9 Å². The Morgan fingerprint density at radius 2 is 2.06 bits per heavy atom.